The first kappa shape index (κ1) is 12.9. The lowest BCUT2D eigenvalue weighted by Crippen LogP contribution is -2.23. The van der Waals surface area contributed by atoms with E-state index in [4.69, 9.17) is 4.74 Å². The molecule has 2 N–H and O–H groups in total. The quantitative estimate of drug-likeness (QED) is 0.868. The Morgan fingerprint density at radius 2 is 2.16 bits per heavy atom. The minimum atomic E-state index is -0.237. The van der Waals surface area contributed by atoms with Crippen molar-refractivity contribution in [3.63, 3.8) is 0 Å². The molecule has 0 aliphatic rings. The molecule has 0 spiro atoms. The van der Waals surface area contributed by atoms with E-state index in [1.807, 2.05) is 24.3 Å². The number of ether oxygens (including phenoxy) is 1. The fourth-order valence-corrected chi connectivity index (χ4v) is 1.62. The number of benzene rings is 1. The van der Waals surface area contributed by atoms with Gasteiger partial charge in [-0.2, -0.15) is 0 Å². The van der Waals surface area contributed by atoms with Gasteiger partial charge >= 0.3 is 0 Å². The van der Waals surface area contributed by atoms with Gasteiger partial charge in [-0.3, -0.25) is 9.59 Å². The predicted octanol–water partition coefficient (Wildman–Crippen LogP) is 1.31. The van der Waals surface area contributed by atoms with Gasteiger partial charge in [0, 0.05) is 18.8 Å². The second kappa shape index (κ2) is 5.86. The van der Waals surface area contributed by atoms with Gasteiger partial charge in [-0.15, -0.1) is 0 Å². The third-order valence-electron chi connectivity index (χ3n) is 2.63. The zero-order valence-corrected chi connectivity index (χ0v) is 10.5. The van der Waals surface area contributed by atoms with Crippen LogP contribution in [0.3, 0.4) is 0 Å². The third kappa shape index (κ3) is 3.45. The van der Waals surface area contributed by atoms with Crippen molar-refractivity contribution < 1.29 is 9.53 Å². The van der Waals surface area contributed by atoms with Crippen LogP contribution in [-0.4, -0.2) is 18.0 Å². The summed E-state index contributed by atoms with van der Waals surface area (Å²) in [6, 6.07) is 10.3. The molecule has 19 heavy (non-hydrogen) atoms. The number of H-pyrrole nitrogens is 1. The molecule has 0 bridgehead atoms. The third-order valence-corrected chi connectivity index (χ3v) is 2.63. The van der Waals surface area contributed by atoms with Crippen molar-refractivity contribution >= 4 is 5.91 Å². The van der Waals surface area contributed by atoms with Crippen LogP contribution < -0.4 is 15.6 Å². The lowest BCUT2D eigenvalue weighted by Gasteiger charge is -2.06. The minimum Gasteiger partial charge on any atom is -0.497 e. The van der Waals surface area contributed by atoms with Crippen molar-refractivity contribution in [3.05, 3.63) is 64.1 Å². The number of pyridine rings is 1. The molecule has 0 aliphatic carbocycles. The Labute approximate surface area is 110 Å². The summed E-state index contributed by atoms with van der Waals surface area (Å²) in [5.74, 6) is 0.509. The van der Waals surface area contributed by atoms with Crippen LogP contribution in [0.25, 0.3) is 0 Å². The van der Waals surface area contributed by atoms with Gasteiger partial charge in [0.1, 0.15) is 5.75 Å². The van der Waals surface area contributed by atoms with Crippen molar-refractivity contribution in [1.82, 2.24) is 10.3 Å². The highest BCUT2D eigenvalue weighted by Gasteiger charge is 2.05. The lowest BCUT2D eigenvalue weighted by molar-refractivity contribution is 0.0950. The molecule has 0 fully saturated rings. The van der Waals surface area contributed by atoms with Gasteiger partial charge in [0.15, 0.2) is 0 Å². The number of hydrogen-bond donors (Lipinski definition) is 2. The highest BCUT2D eigenvalue weighted by atomic mass is 16.5. The Hall–Kier alpha value is -2.56. The smallest absolute Gasteiger partial charge is 0.253 e. The lowest BCUT2D eigenvalue weighted by atomic mass is 10.2. The summed E-state index contributed by atoms with van der Waals surface area (Å²) in [5.41, 5.74) is 1.13. The maximum atomic E-state index is 11.8. The number of aromatic amines is 1. The molecule has 1 aromatic carbocycles. The van der Waals surface area contributed by atoms with Crippen LogP contribution in [0.1, 0.15) is 15.9 Å². The van der Waals surface area contributed by atoms with Crippen molar-refractivity contribution in [3.8, 4) is 5.75 Å². The molecule has 2 rings (SSSR count). The monoisotopic (exact) mass is 258 g/mol. The number of hydrogen-bond acceptors (Lipinski definition) is 3. The average molecular weight is 258 g/mol. The minimum absolute atomic E-state index is 0.232. The molecule has 5 heteroatoms. The maximum absolute atomic E-state index is 11.8. The highest BCUT2D eigenvalue weighted by Crippen LogP contribution is 2.12. The van der Waals surface area contributed by atoms with Gasteiger partial charge in [0.05, 0.1) is 12.7 Å². The molecule has 1 aromatic heterocycles. The summed E-state index contributed by atoms with van der Waals surface area (Å²) in [7, 11) is 1.60. The van der Waals surface area contributed by atoms with E-state index in [0.29, 0.717) is 12.1 Å². The van der Waals surface area contributed by atoms with Crippen LogP contribution in [0.2, 0.25) is 0 Å². The standard InChI is InChI=1S/C14H14N2O3/c1-19-12-4-2-3-10(7-12)8-16-14(18)11-5-6-13(17)15-9-11/h2-7,9H,8H2,1H3,(H,15,17)(H,16,18). The van der Waals surface area contributed by atoms with Gasteiger partial charge in [-0.25, -0.2) is 0 Å². The van der Waals surface area contributed by atoms with Crippen molar-refractivity contribution in [2.45, 2.75) is 6.54 Å². The van der Waals surface area contributed by atoms with Crippen molar-refractivity contribution in [2.24, 2.45) is 0 Å². The van der Waals surface area contributed by atoms with Crippen molar-refractivity contribution in [1.29, 1.82) is 0 Å². The molecule has 0 radical (unpaired) electrons. The number of nitrogens with one attached hydrogen (secondary N) is 2. The number of carbonyl (C=O) groups excluding carboxylic acids is 1. The summed E-state index contributed by atoms with van der Waals surface area (Å²) in [6.07, 6.45) is 1.39. The molecule has 0 atom stereocenters. The van der Waals surface area contributed by atoms with Crippen LogP contribution >= 0.6 is 0 Å². The normalized spacial score (nSPS) is 9.95. The number of methoxy groups -OCH3 is 1. The fraction of sp³-hybridized carbons (Fsp3) is 0.143. The Kier molecular flexibility index (Phi) is 3.97. The molecule has 0 aliphatic heterocycles. The van der Waals surface area contributed by atoms with E-state index in [0.717, 1.165) is 11.3 Å². The molecular formula is C14H14N2O3. The Morgan fingerprint density at radius 3 is 2.84 bits per heavy atom. The molecule has 98 valence electrons. The number of amides is 1. The topological polar surface area (TPSA) is 71.2 Å². The zero-order valence-electron chi connectivity index (χ0n) is 10.5. The summed E-state index contributed by atoms with van der Waals surface area (Å²) >= 11 is 0. The van der Waals surface area contributed by atoms with Gasteiger partial charge in [0.2, 0.25) is 5.56 Å². The summed E-state index contributed by atoms with van der Waals surface area (Å²) in [5, 5.41) is 2.77. The second-order valence-electron chi connectivity index (χ2n) is 3.98. The van der Waals surface area contributed by atoms with Crippen molar-refractivity contribution in [2.75, 3.05) is 7.11 Å². The van der Waals surface area contributed by atoms with Gasteiger partial charge in [-0.1, -0.05) is 12.1 Å². The number of carbonyl (C=O) groups is 1. The molecule has 0 unspecified atom stereocenters. The van der Waals surface area contributed by atoms with Crippen LogP contribution in [-0.2, 0) is 6.54 Å². The summed E-state index contributed by atoms with van der Waals surface area (Å²) in [6.45, 7) is 0.398. The number of aromatic nitrogens is 1. The first-order chi connectivity index (χ1) is 9.19. The molecular weight excluding hydrogens is 244 g/mol. The molecule has 1 amide bonds. The number of rotatable bonds is 4. The van der Waals surface area contributed by atoms with E-state index in [1.165, 1.54) is 18.3 Å². The van der Waals surface area contributed by atoms with Crippen LogP contribution in [0.5, 0.6) is 5.75 Å². The van der Waals surface area contributed by atoms with Gasteiger partial charge in [0.25, 0.3) is 5.91 Å². The fourth-order valence-electron chi connectivity index (χ4n) is 1.62. The Balaban J connectivity index is 2.00. The molecule has 0 saturated carbocycles. The van der Waals surface area contributed by atoms with Gasteiger partial charge in [-0.05, 0) is 23.8 Å². The average Bonchev–Trinajstić information content (AvgIpc) is 2.46. The summed E-state index contributed by atoms with van der Waals surface area (Å²) in [4.78, 5) is 25.2. The van der Waals surface area contributed by atoms with Crippen LogP contribution in [0.4, 0.5) is 0 Å². The molecule has 1 heterocycles. The van der Waals surface area contributed by atoms with Crippen LogP contribution in [0, 0.1) is 0 Å². The second-order valence-corrected chi connectivity index (χ2v) is 3.98. The predicted molar refractivity (Wildman–Crippen MR) is 71.2 cm³/mol. The molecule has 2 aromatic rings. The zero-order chi connectivity index (χ0) is 13.7. The summed E-state index contributed by atoms with van der Waals surface area (Å²) < 4.78 is 5.11. The molecule has 0 saturated heterocycles. The van der Waals surface area contributed by atoms with E-state index in [2.05, 4.69) is 10.3 Å². The Morgan fingerprint density at radius 1 is 1.32 bits per heavy atom. The largest absolute Gasteiger partial charge is 0.497 e. The maximum Gasteiger partial charge on any atom is 0.253 e. The van der Waals surface area contributed by atoms with E-state index < -0.39 is 0 Å². The van der Waals surface area contributed by atoms with E-state index >= 15 is 0 Å². The Bertz CT molecular complexity index is 614. The first-order valence-corrected chi connectivity index (χ1v) is 5.79. The highest BCUT2D eigenvalue weighted by molar-refractivity contribution is 5.93. The SMILES string of the molecule is COc1cccc(CNC(=O)c2ccc(=O)[nH]c2)c1. The molecule has 5 nitrogen and oxygen atoms in total. The van der Waals surface area contributed by atoms with Gasteiger partial charge < -0.3 is 15.0 Å². The van der Waals surface area contributed by atoms with E-state index in [-0.39, 0.29) is 11.5 Å². The van der Waals surface area contributed by atoms with E-state index in [1.54, 1.807) is 7.11 Å². The van der Waals surface area contributed by atoms with E-state index in [9.17, 15) is 9.59 Å². The first-order valence-electron chi connectivity index (χ1n) is 5.79. The van der Waals surface area contributed by atoms with Crippen LogP contribution in [0.15, 0.2) is 47.4 Å².